The van der Waals surface area contributed by atoms with Crippen molar-refractivity contribution in [3.63, 3.8) is 0 Å². The second-order valence-corrected chi connectivity index (χ2v) is 6.96. The SMILES string of the molecule is CC1CN(CC(=O)N(C)CCOc2ccc(Br)cc2)C(C)CO1. The topological polar surface area (TPSA) is 42.0 Å². The summed E-state index contributed by atoms with van der Waals surface area (Å²) in [6, 6.07) is 7.96. The molecule has 1 amide bonds. The Kier molecular flexibility index (Phi) is 6.87. The summed E-state index contributed by atoms with van der Waals surface area (Å²) in [6.07, 6.45) is 0.185. The van der Waals surface area contributed by atoms with Crippen molar-refractivity contribution in [3.8, 4) is 5.75 Å². The summed E-state index contributed by atoms with van der Waals surface area (Å²) in [7, 11) is 1.82. The molecule has 1 aliphatic rings. The van der Waals surface area contributed by atoms with Gasteiger partial charge in [-0.1, -0.05) is 15.9 Å². The summed E-state index contributed by atoms with van der Waals surface area (Å²) >= 11 is 3.39. The van der Waals surface area contributed by atoms with E-state index in [1.54, 1.807) is 4.90 Å². The third kappa shape index (κ3) is 5.79. The molecular formula is C17H25BrN2O3. The molecule has 0 saturated carbocycles. The van der Waals surface area contributed by atoms with Crippen molar-refractivity contribution < 1.29 is 14.3 Å². The Morgan fingerprint density at radius 3 is 2.78 bits per heavy atom. The summed E-state index contributed by atoms with van der Waals surface area (Å²) in [4.78, 5) is 16.2. The minimum atomic E-state index is 0.116. The molecule has 1 aromatic carbocycles. The van der Waals surface area contributed by atoms with E-state index in [9.17, 15) is 4.79 Å². The van der Waals surface area contributed by atoms with Gasteiger partial charge < -0.3 is 14.4 Å². The number of morpholine rings is 1. The van der Waals surface area contributed by atoms with Crippen LogP contribution in [0.25, 0.3) is 0 Å². The Labute approximate surface area is 146 Å². The molecule has 128 valence electrons. The molecular weight excluding hydrogens is 360 g/mol. The Bertz CT molecular complexity index is 509. The van der Waals surface area contributed by atoms with Crippen LogP contribution in [0.3, 0.4) is 0 Å². The van der Waals surface area contributed by atoms with Crippen molar-refractivity contribution in [1.29, 1.82) is 0 Å². The van der Waals surface area contributed by atoms with Crippen LogP contribution in [-0.2, 0) is 9.53 Å². The lowest BCUT2D eigenvalue weighted by molar-refractivity contribution is -0.135. The molecule has 23 heavy (non-hydrogen) atoms. The molecule has 1 aliphatic heterocycles. The van der Waals surface area contributed by atoms with Crippen LogP contribution in [0.2, 0.25) is 0 Å². The Morgan fingerprint density at radius 2 is 2.09 bits per heavy atom. The first-order valence-electron chi connectivity index (χ1n) is 7.93. The van der Waals surface area contributed by atoms with Crippen LogP contribution in [0.1, 0.15) is 13.8 Å². The first-order chi connectivity index (χ1) is 11.0. The number of likely N-dealkylation sites (N-methyl/N-ethyl adjacent to an activating group) is 1. The molecule has 1 saturated heterocycles. The summed E-state index contributed by atoms with van der Waals surface area (Å²) in [5.74, 6) is 0.926. The first-order valence-corrected chi connectivity index (χ1v) is 8.73. The third-order valence-corrected chi connectivity index (χ3v) is 4.54. The average Bonchev–Trinajstić information content (AvgIpc) is 2.52. The highest BCUT2D eigenvalue weighted by Gasteiger charge is 2.26. The fourth-order valence-electron chi connectivity index (χ4n) is 2.44. The Balaban J connectivity index is 1.73. The van der Waals surface area contributed by atoms with E-state index in [4.69, 9.17) is 9.47 Å². The minimum absolute atomic E-state index is 0.116. The number of ether oxygens (including phenoxy) is 2. The molecule has 1 fully saturated rings. The molecule has 0 aliphatic carbocycles. The molecule has 2 unspecified atom stereocenters. The van der Waals surface area contributed by atoms with E-state index < -0.39 is 0 Å². The molecule has 2 atom stereocenters. The van der Waals surface area contributed by atoms with Crippen LogP contribution in [0.5, 0.6) is 5.75 Å². The quantitative estimate of drug-likeness (QED) is 0.754. The fourth-order valence-corrected chi connectivity index (χ4v) is 2.71. The van der Waals surface area contributed by atoms with E-state index in [0.29, 0.717) is 26.3 Å². The van der Waals surface area contributed by atoms with E-state index in [1.165, 1.54) is 0 Å². The van der Waals surface area contributed by atoms with E-state index in [-0.39, 0.29) is 18.1 Å². The number of hydrogen-bond donors (Lipinski definition) is 0. The second kappa shape index (κ2) is 8.66. The van der Waals surface area contributed by atoms with Gasteiger partial charge >= 0.3 is 0 Å². The van der Waals surface area contributed by atoms with Crippen LogP contribution in [0.4, 0.5) is 0 Å². The number of hydrogen-bond acceptors (Lipinski definition) is 4. The lowest BCUT2D eigenvalue weighted by atomic mass is 10.2. The predicted molar refractivity (Wildman–Crippen MR) is 93.7 cm³/mol. The lowest BCUT2D eigenvalue weighted by Crippen LogP contribution is -2.51. The maximum atomic E-state index is 12.3. The van der Waals surface area contributed by atoms with Crippen molar-refractivity contribution in [1.82, 2.24) is 9.80 Å². The number of halogens is 1. The van der Waals surface area contributed by atoms with Crippen molar-refractivity contribution in [2.45, 2.75) is 26.0 Å². The van der Waals surface area contributed by atoms with Gasteiger partial charge in [0.15, 0.2) is 0 Å². The standard InChI is InChI=1S/C17H25BrN2O3/c1-13-12-23-14(2)10-20(13)11-17(21)19(3)8-9-22-16-6-4-15(18)5-7-16/h4-7,13-14H,8-12H2,1-3H3. The lowest BCUT2D eigenvalue weighted by Gasteiger charge is -2.36. The fraction of sp³-hybridized carbons (Fsp3) is 0.588. The number of carbonyl (C=O) groups excluding carboxylic acids is 1. The molecule has 6 heteroatoms. The second-order valence-electron chi connectivity index (χ2n) is 6.04. The zero-order chi connectivity index (χ0) is 16.8. The molecule has 0 spiro atoms. The number of benzene rings is 1. The third-order valence-electron chi connectivity index (χ3n) is 4.01. The zero-order valence-corrected chi connectivity index (χ0v) is 15.6. The molecule has 0 radical (unpaired) electrons. The molecule has 0 N–H and O–H groups in total. The van der Waals surface area contributed by atoms with Gasteiger partial charge in [0, 0.05) is 24.1 Å². The van der Waals surface area contributed by atoms with Gasteiger partial charge in [-0.15, -0.1) is 0 Å². The molecule has 1 heterocycles. The van der Waals surface area contributed by atoms with E-state index >= 15 is 0 Å². The van der Waals surface area contributed by atoms with Gasteiger partial charge in [-0.25, -0.2) is 0 Å². The van der Waals surface area contributed by atoms with Gasteiger partial charge in [0.25, 0.3) is 0 Å². The maximum absolute atomic E-state index is 12.3. The summed E-state index contributed by atoms with van der Waals surface area (Å²) < 4.78 is 12.3. The minimum Gasteiger partial charge on any atom is -0.492 e. The van der Waals surface area contributed by atoms with Crippen LogP contribution in [-0.4, -0.2) is 67.7 Å². The maximum Gasteiger partial charge on any atom is 0.236 e. The highest BCUT2D eigenvalue weighted by molar-refractivity contribution is 9.10. The van der Waals surface area contributed by atoms with Crippen LogP contribution in [0.15, 0.2) is 28.7 Å². The van der Waals surface area contributed by atoms with Crippen molar-refractivity contribution in [2.24, 2.45) is 0 Å². The van der Waals surface area contributed by atoms with Crippen LogP contribution >= 0.6 is 15.9 Å². The van der Waals surface area contributed by atoms with Gasteiger partial charge in [0.05, 0.1) is 25.8 Å². The normalized spacial score (nSPS) is 21.9. The Hall–Kier alpha value is -1.11. The highest BCUT2D eigenvalue weighted by atomic mass is 79.9. The average molecular weight is 385 g/mol. The van der Waals surface area contributed by atoms with E-state index in [2.05, 4.69) is 27.8 Å². The number of carbonyl (C=O) groups is 1. The largest absolute Gasteiger partial charge is 0.492 e. The number of nitrogens with zero attached hydrogens (tertiary/aromatic N) is 2. The molecule has 5 nitrogen and oxygen atoms in total. The van der Waals surface area contributed by atoms with Crippen molar-refractivity contribution >= 4 is 21.8 Å². The van der Waals surface area contributed by atoms with Crippen LogP contribution in [0, 0.1) is 0 Å². The highest BCUT2D eigenvalue weighted by Crippen LogP contribution is 2.16. The molecule has 2 rings (SSSR count). The zero-order valence-electron chi connectivity index (χ0n) is 14.0. The van der Waals surface area contributed by atoms with Gasteiger partial charge in [0.1, 0.15) is 12.4 Å². The Morgan fingerprint density at radius 1 is 1.39 bits per heavy atom. The number of rotatable bonds is 6. The number of amides is 1. The van der Waals surface area contributed by atoms with E-state index in [1.807, 2.05) is 38.2 Å². The van der Waals surface area contributed by atoms with E-state index in [0.717, 1.165) is 16.8 Å². The predicted octanol–water partition coefficient (Wildman–Crippen LogP) is 2.40. The van der Waals surface area contributed by atoms with Gasteiger partial charge in [-0.2, -0.15) is 0 Å². The van der Waals surface area contributed by atoms with Crippen LogP contribution < -0.4 is 4.74 Å². The van der Waals surface area contributed by atoms with Crippen molar-refractivity contribution in [3.05, 3.63) is 28.7 Å². The summed E-state index contributed by atoms with van der Waals surface area (Å²) in [5.41, 5.74) is 0. The summed E-state index contributed by atoms with van der Waals surface area (Å²) in [5, 5.41) is 0. The van der Waals surface area contributed by atoms with Gasteiger partial charge in [-0.3, -0.25) is 9.69 Å². The molecule has 0 bridgehead atoms. The molecule has 0 aromatic heterocycles. The van der Waals surface area contributed by atoms with Crippen molar-refractivity contribution in [2.75, 3.05) is 39.9 Å². The van der Waals surface area contributed by atoms with Gasteiger partial charge in [-0.05, 0) is 38.1 Å². The first kappa shape index (κ1) is 18.2. The summed E-state index contributed by atoms with van der Waals surface area (Å²) in [6.45, 7) is 7.11. The van der Waals surface area contributed by atoms with Gasteiger partial charge in [0.2, 0.25) is 5.91 Å². The monoisotopic (exact) mass is 384 g/mol. The smallest absolute Gasteiger partial charge is 0.236 e. The molecule has 1 aromatic rings.